The predicted octanol–water partition coefficient (Wildman–Crippen LogP) is 3.57. The van der Waals surface area contributed by atoms with E-state index >= 15 is 0 Å². The Morgan fingerprint density at radius 3 is 1.40 bits per heavy atom. The summed E-state index contributed by atoms with van der Waals surface area (Å²) < 4.78 is 2.08. The van der Waals surface area contributed by atoms with Crippen LogP contribution in [-0.2, 0) is 6.29 Å². The van der Waals surface area contributed by atoms with E-state index in [4.69, 9.17) is 0 Å². The molecule has 0 saturated heterocycles. The molecule has 0 aliphatic heterocycles. The van der Waals surface area contributed by atoms with Gasteiger partial charge in [-0.1, -0.05) is 0 Å². The number of hydrogen-bond donors (Lipinski definition) is 0. The van der Waals surface area contributed by atoms with Crippen molar-refractivity contribution in [1.82, 2.24) is 9.78 Å². The fraction of sp³-hybridized carbons (Fsp3) is 0.0455. The predicted molar refractivity (Wildman–Crippen MR) is 109 cm³/mol. The minimum absolute atomic E-state index is 0.887. The van der Waals surface area contributed by atoms with Gasteiger partial charge in [0, 0.05) is 0 Å². The van der Waals surface area contributed by atoms with Crippen LogP contribution in [0.5, 0.6) is 0 Å². The summed E-state index contributed by atoms with van der Waals surface area (Å²) in [7, 11) is -2.23. The van der Waals surface area contributed by atoms with Crippen molar-refractivity contribution in [3.05, 3.63) is 109 Å². The van der Waals surface area contributed by atoms with E-state index < -0.39 is 7.26 Å². The third-order valence-corrected chi connectivity index (χ3v) is 9.51. The Kier molecular flexibility index (Phi) is 4.45. The molecule has 0 spiro atoms. The monoisotopic (exact) mass is 344 g/mol. The van der Waals surface area contributed by atoms with Gasteiger partial charge in [-0.3, -0.25) is 0 Å². The second-order valence-electron chi connectivity index (χ2n) is 6.21. The van der Waals surface area contributed by atoms with Crippen LogP contribution in [-0.4, -0.2) is 9.78 Å². The summed E-state index contributed by atoms with van der Waals surface area (Å²) in [5.41, 5.74) is 0. The second kappa shape index (κ2) is 7.04. The summed E-state index contributed by atoms with van der Waals surface area (Å²) in [6, 6.07) is 34.8. The molecular formula is C22H21N2P. The molecule has 3 aromatic carbocycles. The molecule has 25 heavy (non-hydrogen) atoms. The molecule has 0 amide bonds. The first kappa shape index (κ1) is 15.8. The average molecular weight is 344 g/mol. The minimum atomic E-state index is -2.23. The zero-order chi connectivity index (χ0) is 17.0. The van der Waals surface area contributed by atoms with E-state index in [2.05, 4.69) is 107 Å². The molecule has 0 fully saturated rings. The van der Waals surface area contributed by atoms with Crippen molar-refractivity contribution in [3.8, 4) is 0 Å². The van der Waals surface area contributed by atoms with E-state index in [1.54, 1.807) is 0 Å². The van der Waals surface area contributed by atoms with Gasteiger partial charge in [0.05, 0.1) is 0 Å². The zero-order valence-corrected chi connectivity index (χ0v) is 15.0. The Balaban J connectivity index is 2.01. The quantitative estimate of drug-likeness (QED) is 0.506. The summed E-state index contributed by atoms with van der Waals surface area (Å²) in [5.74, 6) is 0. The van der Waals surface area contributed by atoms with Crippen molar-refractivity contribution >= 4 is 23.2 Å². The van der Waals surface area contributed by atoms with Gasteiger partial charge < -0.3 is 0 Å². The van der Waals surface area contributed by atoms with Crippen molar-refractivity contribution < 1.29 is 0 Å². The van der Waals surface area contributed by atoms with Crippen LogP contribution >= 0.6 is 7.26 Å². The molecule has 4 aromatic rings. The molecule has 0 aliphatic rings. The first-order chi connectivity index (χ1) is 12.4. The molecule has 2 nitrogen and oxygen atoms in total. The Morgan fingerprint density at radius 1 is 0.600 bits per heavy atom. The van der Waals surface area contributed by atoms with Gasteiger partial charge in [-0.05, 0) is 0 Å². The fourth-order valence-electron chi connectivity index (χ4n) is 3.58. The maximum atomic E-state index is 4.53. The van der Waals surface area contributed by atoms with E-state index in [0.717, 1.165) is 6.29 Å². The van der Waals surface area contributed by atoms with Crippen molar-refractivity contribution in [2.24, 2.45) is 0 Å². The standard InChI is InChI=1S/C22H21N2P/c1-4-11-20(12-5-1)25(19-24-18-10-17-23-24,21-13-6-2-7-14-21)22-15-8-3-9-16-22/h1-18,25H,19H2. The van der Waals surface area contributed by atoms with Crippen LogP contribution in [0, 0.1) is 0 Å². The zero-order valence-electron chi connectivity index (χ0n) is 14.0. The van der Waals surface area contributed by atoms with E-state index in [1.165, 1.54) is 15.9 Å². The molecule has 0 unspecified atom stereocenters. The fourth-order valence-corrected chi connectivity index (χ4v) is 8.08. The molecule has 0 bridgehead atoms. The molecule has 0 aliphatic carbocycles. The summed E-state index contributed by atoms with van der Waals surface area (Å²) in [4.78, 5) is 0. The maximum absolute atomic E-state index is 4.53. The molecule has 0 saturated carbocycles. The van der Waals surface area contributed by atoms with Gasteiger partial charge in [-0.15, -0.1) is 0 Å². The van der Waals surface area contributed by atoms with E-state index in [9.17, 15) is 0 Å². The van der Waals surface area contributed by atoms with Crippen LogP contribution in [0.2, 0.25) is 0 Å². The number of aromatic nitrogens is 2. The van der Waals surface area contributed by atoms with Gasteiger partial charge in [0.15, 0.2) is 0 Å². The molecule has 0 atom stereocenters. The molecule has 1 aromatic heterocycles. The number of hydrogen-bond acceptors (Lipinski definition) is 1. The first-order valence-corrected chi connectivity index (χ1v) is 10.7. The summed E-state index contributed by atoms with van der Waals surface area (Å²) >= 11 is 0. The molecule has 3 heteroatoms. The number of rotatable bonds is 5. The van der Waals surface area contributed by atoms with Gasteiger partial charge in [0.2, 0.25) is 0 Å². The molecule has 1 heterocycles. The summed E-state index contributed by atoms with van der Waals surface area (Å²) in [5, 5.41) is 8.75. The van der Waals surface area contributed by atoms with Gasteiger partial charge in [-0.25, -0.2) is 0 Å². The van der Waals surface area contributed by atoms with Crippen molar-refractivity contribution in [1.29, 1.82) is 0 Å². The normalized spacial score (nSPS) is 12.0. The second-order valence-corrected chi connectivity index (χ2v) is 10.1. The molecule has 4 rings (SSSR count). The summed E-state index contributed by atoms with van der Waals surface area (Å²) in [6.45, 7) is 0. The van der Waals surface area contributed by atoms with Crippen LogP contribution < -0.4 is 15.9 Å². The van der Waals surface area contributed by atoms with Crippen LogP contribution in [0.25, 0.3) is 0 Å². The third kappa shape index (κ3) is 3.01. The molecular weight excluding hydrogens is 323 g/mol. The van der Waals surface area contributed by atoms with Gasteiger partial charge in [0.1, 0.15) is 0 Å². The van der Waals surface area contributed by atoms with Crippen molar-refractivity contribution in [2.75, 3.05) is 0 Å². The van der Waals surface area contributed by atoms with Gasteiger partial charge in [0.25, 0.3) is 0 Å². The van der Waals surface area contributed by atoms with Crippen LogP contribution in [0.1, 0.15) is 0 Å². The Bertz CT molecular complexity index is 808. The van der Waals surface area contributed by atoms with E-state index in [1.807, 2.05) is 12.3 Å². The van der Waals surface area contributed by atoms with Crippen molar-refractivity contribution in [2.45, 2.75) is 6.29 Å². The van der Waals surface area contributed by atoms with E-state index in [0.29, 0.717) is 0 Å². The van der Waals surface area contributed by atoms with Gasteiger partial charge in [-0.2, -0.15) is 0 Å². The first-order valence-electron chi connectivity index (χ1n) is 8.53. The SMILES string of the molecule is c1ccc([PH](Cn2cccn2)(c2ccccc2)c2ccccc2)cc1. The molecule has 124 valence electrons. The van der Waals surface area contributed by atoms with Crippen LogP contribution in [0.4, 0.5) is 0 Å². The van der Waals surface area contributed by atoms with E-state index in [-0.39, 0.29) is 0 Å². The van der Waals surface area contributed by atoms with Crippen molar-refractivity contribution in [3.63, 3.8) is 0 Å². The Labute approximate surface area is 149 Å². The van der Waals surface area contributed by atoms with Crippen LogP contribution in [0.15, 0.2) is 109 Å². The number of nitrogens with zero attached hydrogens (tertiary/aromatic N) is 2. The Morgan fingerprint density at radius 2 is 1.04 bits per heavy atom. The average Bonchev–Trinajstić information content (AvgIpc) is 3.21. The summed E-state index contributed by atoms with van der Waals surface area (Å²) in [6.07, 6.45) is 4.81. The topological polar surface area (TPSA) is 17.8 Å². The number of benzene rings is 3. The third-order valence-electron chi connectivity index (χ3n) is 4.76. The molecule has 0 N–H and O–H groups in total. The van der Waals surface area contributed by atoms with Gasteiger partial charge >= 0.3 is 149 Å². The van der Waals surface area contributed by atoms with Crippen LogP contribution in [0.3, 0.4) is 0 Å². The Hall–Kier alpha value is -2.70. The molecule has 0 radical (unpaired) electrons.